The predicted octanol–water partition coefficient (Wildman–Crippen LogP) is 5.00. The van der Waals surface area contributed by atoms with Crippen LogP contribution in [0.3, 0.4) is 0 Å². The van der Waals surface area contributed by atoms with E-state index in [9.17, 15) is 9.59 Å². The van der Waals surface area contributed by atoms with Crippen LogP contribution >= 0.6 is 11.3 Å². The second-order valence-electron chi connectivity index (χ2n) is 7.96. The van der Waals surface area contributed by atoms with Gasteiger partial charge in [-0.3, -0.25) is 19.9 Å². The van der Waals surface area contributed by atoms with E-state index < -0.39 is 0 Å². The third-order valence-electron chi connectivity index (χ3n) is 5.45. The number of ether oxygens (including phenoxy) is 1. The van der Waals surface area contributed by atoms with E-state index >= 15 is 0 Å². The summed E-state index contributed by atoms with van der Waals surface area (Å²) < 4.78 is 5.28. The van der Waals surface area contributed by atoms with Crippen molar-refractivity contribution in [2.24, 2.45) is 0 Å². The summed E-state index contributed by atoms with van der Waals surface area (Å²) in [6.07, 6.45) is 1.78. The highest BCUT2D eigenvalue weighted by molar-refractivity contribution is 7.14. The van der Waals surface area contributed by atoms with Crippen LogP contribution in [-0.4, -0.2) is 35.4 Å². The number of rotatable bonds is 8. The van der Waals surface area contributed by atoms with Gasteiger partial charge in [-0.05, 0) is 49.6 Å². The van der Waals surface area contributed by atoms with Gasteiger partial charge >= 0.3 is 0 Å². The highest BCUT2D eigenvalue weighted by Crippen LogP contribution is 2.27. The molecule has 2 amide bonds. The van der Waals surface area contributed by atoms with Crippen LogP contribution in [0.5, 0.6) is 5.75 Å². The number of hydrogen-bond acceptors (Lipinski definition) is 6. The maximum atomic E-state index is 12.9. The first-order chi connectivity index (χ1) is 16.4. The van der Waals surface area contributed by atoms with Gasteiger partial charge in [0.2, 0.25) is 5.91 Å². The molecule has 2 aromatic heterocycles. The van der Waals surface area contributed by atoms with Crippen molar-refractivity contribution < 1.29 is 14.3 Å². The first-order valence-corrected chi connectivity index (χ1v) is 11.9. The molecule has 0 aliphatic carbocycles. The third kappa shape index (κ3) is 5.58. The minimum Gasteiger partial charge on any atom is -0.497 e. The van der Waals surface area contributed by atoms with Crippen molar-refractivity contribution in [1.82, 2.24) is 15.3 Å². The number of anilines is 1. The zero-order chi connectivity index (χ0) is 24.1. The van der Waals surface area contributed by atoms with Gasteiger partial charge < -0.3 is 10.1 Å². The van der Waals surface area contributed by atoms with Gasteiger partial charge in [0.05, 0.1) is 29.6 Å². The standard InChI is InChI=1S/C26H26N4O3S/c1-16-22(14-20-13-21(33-3)10-11-23(20)28-16)25(32)30-26-29-24(15-34-26)19-8-6-18(7-9-19)5-4-12-27-17(2)31/h6-11,13-15H,4-5,12H2,1-3H3,(H,27,31)(H,29,30,32). The third-order valence-corrected chi connectivity index (χ3v) is 6.21. The van der Waals surface area contributed by atoms with Crippen molar-refractivity contribution in [3.05, 3.63) is 70.7 Å². The fraction of sp³-hybridized carbons (Fsp3) is 0.231. The Morgan fingerprint density at radius 3 is 2.59 bits per heavy atom. The molecule has 0 aliphatic heterocycles. The van der Waals surface area contributed by atoms with Crippen molar-refractivity contribution in [3.63, 3.8) is 0 Å². The molecule has 0 fully saturated rings. The lowest BCUT2D eigenvalue weighted by Gasteiger charge is -2.08. The van der Waals surface area contributed by atoms with Crippen molar-refractivity contribution in [3.8, 4) is 17.0 Å². The number of hydrogen-bond donors (Lipinski definition) is 2. The quantitative estimate of drug-likeness (QED) is 0.351. The first-order valence-electron chi connectivity index (χ1n) is 11.0. The van der Waals surface area contributed by atoms with Gasteiger partial charge in [-0.25, -0.2) is 4.98 Å². The van der Waals surface area contributed by atoms with E-state index in [4.69, 9.17) is 4.74 Å². The topological polar surface area (TPSA) is 93.2 Å². The maximum Gasteiger partial charge on any atom is 0.259 e. The largest absolute Gasteiger partial charge is 0.497 e. The predicted molar refractivity (Wildman–Crippen MR) is 136 cm³/mol. The van der Waals surface area contributed by atoms with Crippen LogP contribution in [-0.2, 0) is 11.2 Å². The number of benzene rings is 2. The van der Waals surface area contributed by atoms with Crippen LogP contribution in [0.25, 0.3) is 22.2 Å². The molecule has 0 atom stereocenters. The molecule has 0 saturated heterocycles. The van der Waals surface area contributed by atoms with Crippen LogP contribution in [0.1, 0.15) is 35.0 Å². The second-order valence-corrected chi connectivity index (χ2v) is 8.81. The van der Waals surface area contributed by atoms with Crippen molar-refractivity contribution in [2.45, 2.75) is 26.7 Å². The van der Waals surface area contributed by atoms with Gasteiger partial charge in [0, 0.05) is 29.8 Å². The molecule has 34 heavy (non-hydrogen) atoms. The Bertz CT molecular complexity index is 1330. The lowest BCUT2D eigenvalue weighted by Crippen LogP contribution is -2.21. The molecule has 4 rings (SSSR count). The van der Waals surface area contributed by atoms with Crippen molar-refractivity contribution >= 4 is 39.2 Å². The molecule has 0 spiro atoms. The first kappa shape index (κ1) is 23.4. The average molecular weight is 475 g/mol. The zero-order valence-electron chi connectivity index (χ0n) is 19.3. The van der Waals surface area contributed by atoms with E-state index in [1.807, 2.05) is 48.7 Å². The van der Waals surface area contributed by atoms with Crippen molar-refractivity contribution in [2.75, 3.05) is 19.0 Å². The molecule has 0 aliphatic rings. The molecular formula is C26H26N4O3S. The lowest BCUT2D eigenvalue weighted by molar-refractivity contribution is -0.118. The smallest absolute Gasteiger partial charge is 0.259 e. The van der Waals surface area contributed by atoms with Gasteiger partial charge in [0.15, 0.2) is 5.13 Å². The van der Waals surface area contributed by atoms with Crippen LogP contribution < -0.4 is 15.4 Å². The summed E-state index contributed by atoms with van der Waals surface area (Å²) in [4.78, 5) is 33.0. The molecular weight excluding hydrogens is 448 g/mol. The molecule has 0 radical (unpaired) electrons. The Balaban J connectivity index is 1.43. The van der Waals surface area contributed by atoms with E-state index in [1.165, 1.54) is 23.8 Å². The van der Waals surface area contributed by atoms with Gasteiger partial charge in [0.25, 0.3) is 5.91 Å². The van der Waals surface area contributed by atoms with Crippen LogP contribution in [0.15, 0.2) is 53.9 Å². The number of nitrogens with one attached hydrogen (secondary N) is 2. The summed E-state index contributed by atoms with van der Waals surface area (Å²) in [5.74, 6) is 0.465. The highest BCUT2D eigenvalue weighted by atomic mass is 32.1. The number of carbonyl (C=O) groups is 2. The summed E-state index contributed by atoms with van der Waals surface area (Å²) in [6.45, 7) is 4.02. The number of nitrogens with zero attached hydrogens (tertiary/aromatic N) is 2. The maximum absolute atomic E-state index is 12.9. The SMILES string of the molecule is COc1ccc2nc(C)c(C(=O)Nc3nc(-c4ccc(CCCNC(C)=O)cc4)cs3)cc2c1. The fourth-order valence-corrected chi connectivity index (χ4v) is 4.35. The number of aryl methyl sites for hydroxylation is 2. The molecule has 0 unspecified atom stereocenters. The summed E-state index contributed by atoms with van der Waals surface area (Å²) >= 11 is 1.38. The number of fused-ring (bicyclic) bond motifs is 1. The molecule has 2 N–H and O–H groups in total. The minimum absolute atomic E-state index is 0.00551. The number of amides is 2. The molecule has 7 nitrogen and oxygen atoms in total. The molecule has 2 aromatic carbocycles. The van der Waals surface area contributed by atoms with Gasteiger partial charge in [-0.15, -0.1) is 11.3 Å². The number of thiazole rings is 1. The van der Waals surface area contributed by atoms with E-state index in [1.54, 1.807) is 7.11 Å². The molecule has 8 heteroatoms. The van der Waals surface area contributed by atoms with E-state index in [-0.39, 0.29) is 11.8 Å². The summed E-state index contributed by atoms with van der Waals surface area (Å²) in [5.41, 5.74) is 4.96. The summed E-state index contributed by atoms with van der Waals surface area (Å²) in [5, 5.41) is 9.01. The summed E-state index contributed by atoms with van der Waals surface area (Å²) in [6, 6.07) is 15.6. The number of pyridine rings is 1. The Kier molecular flexibility index (Phi) is 7.18. The van der Waals surface area contributed by atoms with E-state index in [0.29, 0.717) is 28.7 Å². The fourth-order valence-electron chi connectivity index (χ4n) is 3.64. The highest BCUT2D eigenvalue weighted by Gasteiger charge is 2.15. The normalized spacial score (nSPS) is 10.8. The zero-order valence-corrected chi connectivity index (χ0v) is 20.2. The lowest BCUT2D eigenvalue weighted by atomic mass is 10.1. The molecule has 174 valence electrons. The average Bonchev–Trinajstić information content (AvgIpc) is 3.29. The second kappa shape index (κ2) is 10.4. The van der Waals surface area contributed by atoms with Gasteiger partial charge in [0.1, 0.15) is 5.75 Å². The molecule has 0 bridgehead atoms. The summed E-state index contributed by atoms with van der Waals surface area (Å²) in [7, 11) is 1.61. The van der Waals surface area contributed by atoms with Crippen LogP contribution in [0.4, 0.5) is 5.13 Å². The number of aromatic nitrogens is 2. The van der Waals surface area contributed by atoms with Crippen LogP contribution in [0.2, 0.25) is 0 Å². The van der Waals surface area contributed by atoms with Gasteiger partial charge in [-0.2, -0.15) is 0 Å². The van der Waals surface area contributed by atoms with Gasteiger partial charge in [-0.1, -0.05) is 24.3 Å². The van der Waals surface area contributed by atoms with Crippen molar-refractivity contribution in [1.29, 1.82) is 0 Å². The van der Waals surface area contributed by atoms with E-state index in [2.05, 4.69) is 32.7 Å². The Morgan fingerprint density at radius 2 is 1.85 bits per heavy atom. The monoisotopic (exact) mass is 474 g/mol. The molecule has 2 heterocycles. The number of methoxy groups -OCH3 is 1. The minimum atomic E-state index is -0.245. The Morgan fingerprint density at radius 1 is 1.06 bits per heavy atom. The number of carbonyl (C=O) groups excluding carboxylic acids is 2. The molecule has 0 saturated carbocycles. The molecule has 4 aromatic rings. The van der Waals surface area contributed by atoms with E-state index in [0.717, 1.165) is 35.0 Å². The Hall–Kier alpha value is -3.78. The van der Waals surface area contributed by atoms with Crippen LogP contribution in [0, 0.1) is 6.92 Å². The Labute approximate surface area is 202 Å².